The van der Waals surface area contributed by atoms with Crippen molar-refractivity contribution < 1.29 is 0 Å². The highest BCUT2D eigenvalue weighted by Crippen LogP contribution is 2.41. The summed E-state index contributed by atoms with van der Waals surface area (Å²) >= 11 is 5.96. The van der Waals surface area contributed by atoms with Crippen molar-refractivity contribution in [3.05, 3.63) is 58.8 Å². The lowest BCUT2D eigenvalue weighted by atomic mass is 10.0. The van der Waals surface area contributed by atoms with Crippen molar-refractivity contribution in [1.29, 1.82) is 0 Å². The Labute approximate surface area is 119 Å². The van der Waals surface area contributed by atoms with Crippen LogP contribution in [-0.2, 0) is 0 Å². The summed E-state index contributed by atoms with van der Waals surface area (Å²) in [5.74, 6) is 0.779. The molecule has 1 aliphatic heterocycles. The first kappa shape index (κ1) is 12.8. The van der Waals surface area contributed by atoms with Gasteiger partial charge in [-0.25, -0.2) is 0 Å². The van der Waals surface area contributed by atoms with Crippen LogP contribution >= 0.6 is 11.6 Å². The molecule has 1 saturated carbocycles. The number of hydrogen-bond acceptors (Lipinski definition) is 2. The number of halogens is 1. The lowest BCUT2D eigenvalue weighted by molar-refractivity contribution is 0.495. The maximum Gasteiger partial charge on any atom is 0.0406 e. The fourth-order valence-corrected chi connectivity index (χ4v) is 2.62. The Hall–Kier alpha value is -1.25. The molecule has 1 aromatic carbocycles. The Balaban J connectivity index is 1.66. The normalized spacial score (nSPS) is 19.7. The quantitative estimate of drug-likeness (QED) is 0.860. The van der Waals surface area contributed by atoms with Gasteiger partial charge in [0.15, 0.2) is 0 Å². The van der Waals surface area contributed by atoms with Crippen LogP contribution < -0.4 is 10.6 Å². The Morgan fingerprint density at radius 1 is 1.26 bits per heavy atom. The molecule has 3 heteroatoms. The van der Waals surface area contributed by atoms with E-state index in [2.05, 4.69) is 41.0 Å². The lowest BCUT2D eigenvalue weighted by Gasteiger charge is -2.21. The topological polar surface area (TPSA) is 24.1 Å². The molecule has 1 heterocycles. The number of allylic oxidation sites excluding steroid dienone is 2. The second kappa shape index (κ2) is 5.81. The monoisotopic (exact) mass is 274 g/mol. The molecule has 100 valence electrons. The minimum Gasteiger partial charge on any atom is -0.384 e. The van der Waals surface area contributed by atoms with Crippen LogP contribution in [0.25, 0.3) is 0 Å². The van der Waals surface area contributed by atoms with Crippen LogP contribution in [0.1, 0.15) is 24.4 Å². The Morgan fingerprint density at radius 3 is 2.68 bits per heavy atom. The largest absolute Gasteiger partial charge is 0.384 e. The first-order valence-corrected chi connectivity index (χ1v) is 7.29. The van der Waals surface area contributed by atoms with E-state index in [-0.39, 0.29) is 0 Å². The molecule has 19 heavy (non-hydrogen) atoms. The predicted octanol–water partition coefficient (Wildman–Crippen LogP) is 3.42. The molecule has 2 N–H and O–H groups in total. The smallest absolute Gasteiger partial charge is 0.0406 e. The fourth-order valence-electron chi connectivity index (χ4n) is 2.50. The van der Waals surface area contributed by atoms with Crippen LogP contribution in [0.2, 0.25) is 5.02 Å². The number of dihydropyridines is 1. The van der Waals surface area contributed by atoms with Crippen LogP contribution in [0, 0.1) is 5.92 Å². The molecular formula is C16H19ClN2. The molecule has 0 radical (unpaired) electrons. The molecule has 0 amide bonds. The molecule has 0 aromatic heterocycles. The maximum atomic E-state index is 5.96. The van der Waals surface area contributed by atoms with Crippen molar-refractivity contribution in [2.75, 3.05) is 13.1 Å². The molecular weight excluding hydrogens is 256 g/mol. The second-order valence-electron chi connectivity index (χ2n) is 5.25. The van der Waals surface area contributed by atoms with E-state index in [4.69, 9.17) is 11.6 Å². The Bertz CT molecular complexity index is 486. The minimum atomic E-state index is 0.450. The molecule has 1 aromatic rings. The predicted molar refractivity (Wildman–Crippen MR) is 80.1 cm³/mol. The summed E-state index contributed by atoms with van der Waals surface area (Å²) in [5.41, 5.74) is 2.61. The SMILES string of the molecule is Clc1ccc([C@H](NCC2=CC=CCN2)C2CC2)cc1. The van der Waals surface area contributed by atoms with Gasteiger partial charge >= 0.3 is 0 Å². The third kappa shape index (κ3) is 3.40. The van der Waals surface area contributed by atoms with Crippen LogP contribution in [0.3, 0.4) is 0 Å². The zero-order valence-corrected chi connectivity index (χ0v) is 11.7. The summed E-state index contributed by atoms with van der Waals surface area (Å²) in [7, 11) is 0. The second-order valence-corrected chi connectivity index (χ2v) is 5.68. The number of rotatable bonds is 5. The zero-order chi connectivity index (χ0) is 13.1. The summed E-state index contributed by atoms with van der Waals surface area (Å²) in [6, 6.07) is 8.69. The molecule has 0 unspecified atom stereocenters. The van der Waals surface area contributed by atoms with Crippen LogP contribution in [0.5, 0.6) is 0 Å². The molecule has 3 rings (SSSR count). The highest BCUT2D eigenvalue weighted by molar-refractivity contribution is 6.30. The van der Waals surface area contributed by atoms with E-state index in [9.17, 15) is 0 Å². The third-order valence-electron chi connectivity index (χ3n) is 3.72. The minimum absolute atomic E-state index is 0.450. The highest BCUT2D eigenvalue weighted by atomic mass is 35.5. The number of hydrogen-bond donors (Lipinski definition) is 2. The van der Waals surface area contributed by atoms with Gasteiger partial charge < -0.3 is 10.6 Å². The maximum absolute atomic E-state index is 5.96. The van der Waals surface area contributed by atoms with E-state index in [0.29, 0.717) is 6.04 Å². The molecule has 1 aliphatic carbocycles. The van der Waals surface area contributed by atoms with Crippen molar-refractivity contribution in [2.45, 2.75) is 18.9 Å². The molecule has 0 saturated heterocycles. The van der Waals surface area contributed by atoms with E-state index in [1.165, 1.54) is 24.1 Å². The van der Waals surface area contributed by atoms with Gasteiger partial charge in [-0.05, 0) is 42.5 Å². The van der Waals surface area contributed by atoms with Gasteiger partial charge in [0.1, 0.15) is 0 Å². The summed E-state index contributed by atoms with van der Waals surface area (Å²) < 4.78 is 0. The van der Waals surface area contributed by atoms with Crippen LogP contribution in [-0.4, -0.2) is 13.1 Å². The third-order valence-corrected chi connectivity index (χ3v) is 3.97. The van der Waals surface area contributed by atoms with Crippen molar-refractivity contribution >= 4 is 11.6 Å². The average molecular weight is 275 g/mol. The van der Waals surface area contributed by atoms with Crippen LogP contribution in [0.4, 0.5) is 0 Å². The standard InChI is InChI=1S/C16H19ClN2/c17-14-8-6-13(7-9-14)16(12-4-5-12)19-11-15-3-1-2-10-18-15/h1-3,6-9,12,16,18-19H,4-5,10-11H2/t16-/m1/s1. The van der Waals surface area contributed by atoms with Gasteiger partial charge in [0.2, 0.25) is 0 Å². The van der Waals surface area contributed by atoms with Crippen LogP contribution in [0.15, 0.2) is 48.2 Å². The molecule has 0 bridgehead atoms. The van der Waals surface area contributed by atoms with Gasteiger partial charge in [-0.2, -0.15) is 0 Å². The van der Waals surface area contributed by atoms with Crippen molar-refractivity contribution in [3.8, 4) is 0 Å². The first-order valence-electron chi connectivity index (χ1n) is 6.91. The van der Waals surface area contributed by atoms with Gasteiger partial charge in [-0.1, -0.05) is 35.9 Å². The van der Waals surface area contributed by atoms with Gasteiger partial charge in [0, 0.05) is 29.9 Å². The molecule has 1 atom stereocenters. The number of nitrogens with one attached hydrogen (secondary N) is 2. The number of benzene rings is 1. The fraction of sp³-hybridized carbons (Fsp3) is 0.375. The van der Waals surface area contributed by atoms with Gasteiger partial charge in [0.25, 0.3) is 0 Å². The average Bonchev–Trinajstić information content (AvgIpc) is 3.27. The van der Waals surface area contributed by atoms with E-state index in [1.54, 1.807) is 0 Å². The Kier molecular flexibility index (Phi) is 3.90. The molecule has 2 nitrogen and oxygen atoms in total. The van der Waals surface area contributed by atoms with Gasteiger partial charge in [0.05, 0.1) is 0 Å². The summed E-state index contributed by atoms with van der Waals surface area (Å²) in [6.07, 6.45) is 9.03. The Morgan fingerprint density at radius 2 is 2.05 bits per heavy atom. The lowest BCUT2D eigenvalue weighted by Crippen LogP contribution is -2.30. The van der Waals surface area contributed by atoms with E-state index in [0.717, 1.165) is 24.0 Å². The van der Waals surface area contributed by atoms with Crippen molar-refractivity contribution in [1.82, 2.24) is 10.6 Å². The first-order chi connectivity index (χ1) is 9.33. The molecule has 0 spiro atoms. The molecule has 1 fully saturated rings. The molecule has 2 aliphatic rings. The van der Waals surface area contributed by atoms with E-state index in [1.807, 2.05) is 12.1 Å². The highest BCUT2D eigenvalue weighted by Gasteiger charge is 2.31. The van der Waals surface area contributed by atoms with Crippen molar-refractivity contribution in [2.24, 2.45) is 5.92 Å². The summed E-state index contributed by atoms with van der Waals surface area (Å²) in [4.78, 5) is 0. The van der Waals surface area contributed by atoms with E-state index < -0.39 is 0 Å². The summed E-state index contributed by atoms with van der Waals surface area (Å²) in [6.45, 7) is 1.83. The van der Waals surface area contributed by atoms with Gasteiger partial charge in [-0.3, -0.25) is 0 Å². The van der Waals surface area contributed by atoms with Crippen molar-refractivity contribution in [3.63, 3.8) is 0 Å². The van der Waals surface area contributed by atoms with Gasteiger partial charge in [-0.15, -0.1) is 0 Å². The summed E-state index contributed by atoms with van der Waals surface area (Å²) in [5, 5.41) is 7.87. The zero-order valence-electron chi connectivity index (χ0n) is 10.9. The van der Waals surface area contributed by atoms with E-state index >= 15 is 0 Å².